The normalized spacial score (nSPS) is 12.2. The SMILES string of the molecule is CCC(C)(CC)C(=O)/C=C(\O)C(C)(CC)CC.Cc1cccc(C)c1-c1ccc2c(n1)oc1c(-c3ncnc4c3cc(C)c3ccccc34)[c-]ccc12.[Ir]. The van der Waals surface area contributed by atoms with Gasteiger partial charge in [-0.1, -0.05) is 101 Å². The molecule has 7 rings (SSSR count). The topological polar surface area (TPSA) is 89.1 Å². The summed E-state index contributed by atoms with van der Waals surface area (Å²) in [6, 6.07) is 28.4. The molecular formula is C47H50IrN3O3-. The second-order valence-electron chi connectivity index (χ2n) is 14.8. The van der Waals surface area contributed by atoms with Gasteiger partial charge in [-0.2, -0.15) is 0 Å². The number of hydrogen-bond donors (Lipinski definition) is 1. The largest absolute Gasteiger partial charge is 0.512 e. The van der Waals surface area contributed by atoms with Crippen LogP contribution in [0, 0.1) is 37.7 Å². The van der Waals surface area contributed by atoms with Gasteiger partial charge in [-0.15, -0.1) is 18.2 Å². The summed E-state index contributed by atoms with van der Waals surface area (Å²) in [6.45, 7) is 18.4. The van der Waals surface area contributed by atoms with Crippen molar-refractivity contribution in [3.63, 3.8) is 0 Å². The Bertz CT molecular complexity index is 2490. The first-order chi connectivity index (χ1) is 25.4. The van der Waals surface area contributed by atoms with Crippen molar-refractivity contribution >= 4 is 49.5 Å². The molecule has 0 aliphatic rings. The number of aromatic nitrogens is 3. The van der Waals surface area contributed by atoms with Crippen molar-refractivity contribution in [2.45, 2.75) is 88.0 Å². The van der Waals surface area contributed by atoms with Gasteiger partial charge in [0.15, 0.2) is 5.78 Å². The first kappa shape index (κ1) is 40.5. The Morgan fingerprint density at radius 3 is 2.06 bits per heavy atom. The summed E-state index contributed by atoms with van der Waals surface area (Å²) in [7, 11) is 0. The summed E-state index contributed by atoms with van der Waals surface area (Å²) in [5.41, 5.74) is 8.96. The molecule has 0 aliphatic carbocycles. The molecule has 1 N–H and O–H groups in total. The van der Waals surface area contributed by atoms with E-state index >= 15 is 0 Å². The summed E-state index contributed by atoms with van der Waals surface area (Å²) in [4.78, 5) is 26.5. The molecule has 7 aromatic rings. The Labute approximate surface area is 332 Å². The van der Waals surface area contributed by atoms with Crippen LogP contribution >= 0.6 is 0 Å². The number of aliphatic hydroxyl groups excluding tert-OH is 1. The Morgan fingerprint density at radius 1 is 0.759 bits per heavy atom. The summed E-state index contributed by atoms with van der Waals surface area (Å²) < 4.78 is 6.44. The molecule has 7 heteroatoms. The van der Waals surface area contributed by atoms with Crippen molar-refractivity contribution in [3.05, 3.63) is 114 Å². The monoisotopic (exact) mass is 897 g/mol. The number of benzene rings is 4. The number of furan rings is 1. The van der Waals surface area contributed by atoms with E-state index in [2.05, 4.69) is 92.5 Å². The second kappa shape index (κ2) is 16.3. The van der Waals surface area contributed by atoms with Crippen LogP contribution in [0.15, 0.2) is 95.4 Å². The van der Waals surface area contributed by atoms with Crippen LogP contribution in [0.4, 0.5) is 0 Å². The number of carbonyl (C=O) groups excluding carboxylic acids is 1. The zero-order chi connectivity index (χ0) is 38.1. The summed E-state index contributed by atoms with van der Waals surface area (Å²) in [5.74, 6) is 0.286. The average molecular weight is 897 g/mol. The van der Waals surface area contributed by atoms with Crippen LogP contribution < -0.4 is 0 Å². The van der Waals surface area contributed by atoms with E-state index in [4.69, 9.17) is 14.4 Å². The van der Waals surface area contributed by atoms with Gasteiger partial charge in [0.05, 0.1) is 16.8 Å². The van der Waals surface area contributed by atoms with Gasteiger partial charge in [0, 0.05) is 59.0 Å². The van der Waals surface area contributed by atoms with Crippen LogP contribution in [0.25, 0.3) is 66.3 Å². The van der Waals surface area contributed by atoms with E-state index in [-0.39, 0.29) is 42.5 Å². The van der Waals surface area contributed by atoms with Crippen LogP contribution in [0.3, 0.4) is 0 Å². The minimum atomic E-state index is -0.337. The Morgan fingerprint density at radius 2 is 1.41 bits per heavy atom. The van der Waals surface area contributed by atoms with Crippen molar-refractivity contribution < 1.29 is 34.4 Å². The molecule has 3 aromatic heterocycles. The molecule has 4 aromatic carbocycles. The third-order valence-corrected chi connectivity index (χ3v) is 11.7. The molecule has 0 bridgehead atoms. The standard InChI is InChI=1S/C32H22N3O.C15H28O2.Ir/c1-18-8-6-9-19(2)28(18)27-15-14-24-23-12-7-13-25(31(23)36-32(24)35-27)30-26-16-20(3)21-10-4-5-11-22(21)29(26)33-17-34-30;1-7-14(5,8-2)12(16)11-13(17)15(6,9-3)10-4;/h4-12,14-17H,1-3H3;11,16H,7-10H2,1-6H3;/q-1;;/b;12-11-;. The molecule has 3 heterocycles. The number of rotatable bonds is 9. The van der Waals surface area contributed by atoms with Crippen molar-refractivity contribution in [1.29, 1.82) is 0 Å². The fraction of sp³-hybridized carbons (Fsp3) is 0.319. The second-order valence-corrected chi connectivity index (χ2v) is 14.8. The van der Waals surface area contributed by atoms with Gasteiger partial charge in [0.25, 0.3) is 0 Å². The maximum Gasteiger partial charge on any atom is 0.216 e. The van der Waals surface area contributed by atoms with Crippen molar-refractivity contribution in [2.24, 2.45) is 10.8 Å². The first-order valence-electron chi connectivity index (χ1n) is 18.8. The number of ketones is 1. The van der Waals surface area contributed by atoms with E-state index in [9.17, 15) is 9.90 Å². The minimum absolute atomic E-state index is 0. The fourth-order valence-electron chi connectivity index (χ4n) is 7.11. The third-order valence-electron chi connectivity index (χ3n) is 11.7. The fourth-order valence-corrected chi connectivity index (χ4v) is 7.11. The Balaban J connectivity index is 0.000000267. The molecule has 0 saturated heterocycles. The van der Waals surface area contributed by atoms with Crippen LogP contribution in [0.5, 0.6) is 0 Å². The summed E-state index contributed by atoms with van der Waals surface area (Å²) in [6.07, 6.45) is 6.39. The van der Waals surface area contributed by atoms with Gasteiger partial charge in [-0.05, 0) is 86.1 Å². The van der Waals surface area contributed by atoms with Gasteiger partial charge in [-0.25, -0.2) is 9.97 Å². The zero-order valence-electron chi connectivity index (χ0n) is 32.9. The quantitative estimate of drug-likeness (QED) is 0.0672. The van der Waals surface area contributed by atoms with E-state index in [0.29, 0.717) is 5.71 Å². The average Bonchev–Trinajstić information content (AvgIpc) is 3.55. The van der Waals surface area contributed by atoms with Crippen molar-refractivity contribution in [2.75, 3.05) is 0 Å². The number of aliphatic hydroxyl groups is 1. The number of carbonyl (C=O) groups is 1. The molecule has 0 aliphatic heterocycles. The van der Waals surface area contributed by atoms with Crippen molar-refractivity contribution in [3.8, 4) is 22.5 Å². The van der Waals surface area contributed by atoms with Crippen LogP contribution in [0.2, 0.25) is 0 Å². The molecular weight excluding hydrogens is 847 g/mol. The Kier molecular flexibility index (Phi) is 12.2. The van der Waals surface area contributed by atoms with Crippen LogP contribution in [0.1, 0.15) is 83.9 Å². The summed E-state index contributed by atoms with van der Waals surface area (Å²) >= 11 is 0. The molecule has 54 heavy (non-hydrogen) atoms. The predicted octanol–water partition coefficient (Wildman–Crippen LogP) is 12.8. The molecule has 281 valence electrons. The summed E-state index contributed by atoms with van der Waals surface area (Å²) in [5, 5.41) is 15.4. The number of allylic oxidation sites excluding steroid dienone is 2. The first-order valence-corrected chi connectivity index (χ1v) is 18.8. The van der Waals surface area contributed by atoms with Gasteiger partial charge in [0.1, 0.15) is 12.1 Å². The van der Waals surface area contributed by atoms with Gasteiger partial charge in [0.2, 0.25) is 5.71 Å². The molecule has 0 spiro atoms. The maximum atomic E-state index is 12.2. The van der Waals surface area contributed by atoms with E-state index in [1.807, 2.05) is 53.7 Å². The number of hydrogen-bond acceptors (Lipinski definition) is 6. The smallest absolute Gasteiger partial charge is 0.216 e. The molecule has 0 unspecified atom stereocenters. The van der Waals surface area contributed by atoms with Crippen LogP contribution in [-0.2, 0) is 24.9 Å². The third kappa shape index (κ3) is 7.37. The van der Waals surface area contributed by atoms with Gasteiger partial charge < -0.3 is 9.52 Å². The van der Waals surface area contributed by atoms with Gasteiger partial charge in [-0.3, -0.25) is 9.78 Å². The van der Waals surface area contributed by atoms with E-state index in [0.717, 1.165) is 80.8 Å². The van der Waals surface area contributed by atoms with Crippen molar-refractivity contribution in [1.82, 2.24) is 15.0 Å². The molecule has 0 fully saturated rings. The number of nitrogens with zero attached hydrogens (tertiary/aromatic N) is 3. The van der Waals surface area contributed by atoms with E-state index in [1.54, 1.807) is 6.33 Å². The number of fused-ring (bicyclic) bond motifs is 6. The minimum Gasteiger partial charge on any atom is -0.512 e. The molecule has 0 amide bonds. The van der Waals surface area contributed by atoms with Gasteiger partial charge >= 0.3 is 0 Å². The molecule has 0 atom stereocenters. The van der Waals surface area contributed by atoms with Crippen LogP contribution in [-0.4, -0.2) is 25.8 Å². The zero-order valence-corrected chi connectivity index (χ0v) is 35.2. The van der Waals surface area contributed by atoms with E-state index in [1.165, 1.54) is 28.2 Å². The number of aryl methyl sites for hydroxylation is 3. The molecule has 0 saturated carbocycles. The molecule has 1 radical (unpaired) electrons. The predicted molar refractivity (Wildman–Crippen MR) is 219 cm³/mol. The Hall–Kier alpha value is -4.71. The van der Waals surface area contributed by atoms with E-state index < -0.39 is 0 Å². The number of pyridine rings is 1. The maximum absolute atomic E-state index is 12.2. The molecule has 6 nitrogen and oxygen atoms in total.